The van der Waals surface area contributed by atoms with Crippen LogP contribution in [0.5, 0.6) is 0 Å². The molecular weight excluding hydrogens is 274 g/mol. The number of amides is 1. The van der Waals surface area contributed by atoms with Gasteiger partial charge in [0.15, 0.2) is 0 Å². The molecule has 1 aromatic heterocycles. The van der Waals surface area contributed by atoms with Gasteiger partial charge in [0.2, 0.25) is 0 Å². The van der Waals surface area contributed by atoms with Crippen molar-refractivity contribution in [1.29, 1.82) is 0 Å². The van der Waals surface area contributed by atoms with E-state index in [0.29, 0.717) is 11.5 Å². The van der Waals surface area contributed by atoms with Crippen molar-refractivity contribution in [3.8, 4) is 0 Å². The van der Waals surface area contributed by atoms with Gasteiger partial charge in [-0.3, -0.25) is 9.48 Å². The summed E-state index contributed by atoms with van der Waals surface area (Å²) in [6, 6.07) is 0.315. The number of carbonyl (C=O) groups excluding carboxylic acids is 1. The highest BCUT2D eigenvalue weighted by atomic mass is 16.1. The molecule has 0 bridgehead atoms. The van der Waals surface area contributed by atoms with Gasteiger partial charge in [0.1, 0.15) is 0 Å². The average Bonchev–Trinajstić information content (AvgIpc) is 2.72. The molecule has 1 aliphatic rings. The maximum Gasteiger partial charge on any atom is 0.255 e. The molecule has 1 aliphatic carbocycles. The van der Waals surface area contributed by atoms with E-state index in [1.165, 1.54) is 12.8 Å². The van der Waals surface area contributed by atoms with E-state index in [-0.39, 0.29) is 5.91 Å². The molecule has 0 atom stereocenters. The first-order valence-corrected chi connectivity index (χ1v) is 8.59. The van der Waals surface area contributed by atoms with Crippen LogP contribution in [-0.4, -0.2) is 21.7 Å². The van der Waals surface area contributed by atoms with Crippen LogP contribution >= 0.6 is 0 Å². The largest absolute Gasteiger partial charge is 0.349 e. The molecule has 124 valence electrons. The first-order chi connectivity index (χ1) is 10.2. The zero-order chi connectivity index (χ0) is 16.5. The van der Waals surface area contributed by atoms with Gasteiger partial charge >= 0.3 is 0 Å². The fraction of sp³-hybridized carbons (Fsp3) is 0.778. The number of hydrogen-bond acceptors (Lipinski definition) is 2. The Morgan fingerprint density at radius 2 is 1.82 bits per heavy atom. The molecule has 4 nitrogen and oxygen atoms in total. The zero-order valence-corrected chi connectivity index (χ0v) is 15.0. The maximum atomic E-state index is 12.6. The van der Waals surface area contributed by atoms with Crippen molar-refractivity contribution < 1.29 is 4.79 Å². The SMILES string of the molecule is CCn1nc(C)c(C(=O)NC2CCC(C(C)(C)C)CC2)c1C. The predicted octanol–water partition coefficient (Wildman–Crippen LogP) is 3.85. The van der Waals surface area contributed by atoms with Crippen molar-refractivity contribution in [1.82, 2.24) is 15.1 Å². The van der Waals surface area contributed by atoms with E-state index in [1.807, 2.05) is 18.5 Å². The highest BCUT2D eigenvalue weighted by molar-refractivity contribution is 5.96. The van der Waals surface area contributed by atoms with Gasteiger partial charge in [-0.1, -0.05) is 20.8 Å². The van der Waals surface area contributed by atoms with Crippen molar-refractivity contribution in [3.05, 3.63) is 17.0 Å². The van der Waals surface area contributed by atoms with Gasteiger partial charge in [0, 0.05) is 18.3 Å². The molecule has 0 unspecified atom stereocenters. The van der Waals surface area contributed by atoms with Crippen molar-refractivity contribution >= 4 is 5.91 Å². The van der Waals surface area contributed by atoms with Crippen molar-refractivity contribution in [2.24, 2.45) is 11.3 Å². The molecule has 4 heteroatoms. The summed E-state index contributed by atoms with van der Waals surface area (Å²) in [5.41, 5.74) is 2.95. The summed E-state index contributed by atoms with van der Waals surface area (Å²) in [6.45, 7) is 13.7. The highest BCUT2D eigenvalue weighted by Gasteiger charge is 2.30. The lowest BCUT2D eigenvalue weighted by molar-refractivity contribution is 0.0902. The molecule has 1 aromatic rings. The van der Waals surface area contributed by atoms with Gasteiger partial charge in [-0.05, 0) is 57.8 Å². The molecule has 0 radical (unpaired) electrons. The number of rotatable bonds is 3. The second-order valence-corrected chi connectivity index (χ2v) is 7.75. The third kappa shape index (κ3) is 3.53. The normalized spacial score (nSPS) is 22.6. The van der Waals surface area contributed by atoms with E-state index in [9.17, 15) is 4.79 Å². The Labute approximate surface area is 134 Å². The van der Waals surface area contributed by atoms with E-state index < -0.39 is 0 Å². The van der Waals surface area contributed by atoms with Crippen LogP contribution in [0.3, 0.4) is 0 Å². The topological polar surface area (TPSA) is 46.9 Å². The summed E-state index contributed by atoms with van der Waals surface area (Å²) in [7, 11) is 0. The molecule has 0 spiro atoms. The van der Waals surface area contributed by atoms with Crippen LogP contribution in [0.4, 0.5) is 0 Å². The number of carbonyl (C=O) groups is 1. The van der Waals surface area contributed by atoms with E-state index >= 15 is 0 Å². The van der Waals surface area contributed by atoms with Gasteiger partial charge < -0.3 is 5.32 Å². The Balaban J connectivity index is 1.98. The van der Waals surface area contributed by atoms with Crippen molar-refractivity contribution in [2.75, 3.05) is 0 Å². The van der Waals surface area contributed by atoms with Crippen molar-refractivity contribution in [3.63, 3.8) is 0 Å². The van der Waals surface area contributed by atoms with Crippen LogP contribution in [0.15, 0.2) is 0 Å². The lowest BCUT2D eigenvalue weighted by Crippen LogP contribution is -2.39. The number of nitrogens with one attached hydrogen (secondary N) is 1. The molecule has 1 N–H and O–H groups in total. The van der Waals surface area contributed by atoms with Gasteiger partial charge in [-0.15, -0.1) is 0 Å². The first kappa shape index (κ1) is 17.0. The Morgan fingerprint density at radius 3 is 2.27 bits per heavy atom. The minimum Gasteiger partial charge on any atom is -0.349 e. The number of aryl methyl sites for hydroxylation is 2. The van der Waals surface area contributed by atoms with Gasteiger partial charge in [0.25, 0.3) is 5.91 Å². The molecule has 22 heavy (non-hydrogen) atoms. The molecule has 1 heterocycles. The van der Waals surface area contributed by atoms with Gasteiger partial charge in [0.05, 0.1) is 11.3 Å². The summed E-state index contributed by atoms with van der Waals surface area (Å²) >= 11 is 0. The van der Waals surface area contributed by atoms with Gasteiger partial charge in [-0.25, -0.2) is 0 Å². The highest BCUT2D eigenvalue weighted by Crippen LogP contribution is 2.37. The lowest BCUT2D eigenvalue weighted by atomic mass is 9.71. The van der Waals surface area contributed by atoms with Crippen LogP contribution in [0.2, 0.25) is 0 Å². The molecule has 1 fully saturated rings. The number of aromatic nitrogens is 2. The van der Waals surface area contributed by atoms with Crippen LogP contribution in [0.25, 0.3) is 0 Å². The summed E-state index contributed by atoms with van der Waals surface area (Å²) in [5, 5.41) is 7.68. The second-order valence-electron chi connectivity index (χ2n) is 7.75. The summed E-state index contributed by atoms with van der Waals surface area (Å²) in [4.78, 5) is 12.6. The molecular formula is C18H31N3O. The Morgan fingerprint density at radius 1 is 1.23 bits per heavy atom. The molecule has 0 aromatic carbocycles. The number of hydrogen-bond donors (Lipinski definition) is 1. The fourth-order valence-corrected chi connectivity index (χ4v) is 3.69. The third-order valence-electron chi connectivity index (χ3n) is 5.20. The van der Waals surface area contributed by atoms with E-state index in [4.69, 9.17) is 0 Å². The van der Waals surface area contributed by atoms with Crippen molar-refractivity contribution in [2.45, 2.75) is 79.8 Å². The second kappa shape index (κ2) is 6.43. The van der Waals surface area contributed by atoms with Crippen LogP contribution in [-0.2, 0) is 6.54 Å². The van der Waals surface area contributed by atoms with Crippen LogP contribution in [0, 0.1) is 25.2 Å². The minimum absolute atomic E-state index is 0.0499. The fourth-order valence-electron chi connectivity index (χ4n) is 3.69. The molecule has 1 amide bonds. The Bertz CT molecular complexity index is 531. The molecule has 0 aliphatic heterocycles. The maximum absolute atomic E-state index is 12.6. The summed E-state index contributed by atoms with van der Waals surface area (Å²) in [6.07, 6.45) is 4.60. The zero-order valence-electron chi connectivity index (χ0n) is 15.0. The molecule has 0 saturated heterocycles. The van der Waals surface area contributed by atoms with E-state index in [0.717, 1.165) is 42.3 Å². The lowest BCUT2D eigenvalue weighted by Gasteiger charge is -2.37. The minimum atomic E-state index is 0.0499. The smallest absolute Gasteiger partial charge is 0.255 e. The quantitative estimate of drug-likeness (QED) is 0.922. The summed E-state index contributed by atoms with van der Waals surface area (Å²) in [5.74, 6) is 0.820. The van der Waals surface area contributed by atoms with Gasteiger partial charge in [-0.2, -0.15) is 5.10 Å². The van der Waals surface area contributed by atoms with Crippen LogP contribution < -0.4 is 5.32 Å². The average molecular weight is 305 g/mol. The standard InChI is InChI=1S/C18H31N3O/c1-7-21-13(3)16(12(2)20-21)17(22)19-15-10-8-14(9-11-15)18(4,5)6/h14-15H,7-11H2,1-6H3,(H,19,22). The third-order valence-corrected chi connectivity index (χ3v) is 5.20. The molecule has 2 rings (SSSR count). The van der Waals surface area contributed by atoms with Crippen LogP contribution in [0.1, 0.15) is 75.1 Å². The Hall–Kier alpha value is -1.32. The predicted molar refractivity (Wildman–Crippen MR) is 90.0 cm³/mol. The molecule has 1 saturated carbocycles. The summed E-state index contributed by atoms with van der Waals surface area (Å²) < 4.78 is 1.90. The Kier molecular flexibility index (Phi) is 4.98. The monoisotopic (exact) mass is 305 g/mol. The van der Waals surface area contributed by atoms with E-state index in [1.54, 1.807) is 0 Å². The van der Waals surface area contributed by atoms with E-state index in [2.05, 4.69) is 38.1 Å². The number of nitrogens with zero attached hydrogens (tertiary/aromatic N) is 2. The first-order valence-electron chi connectivity index (χ1n) is 8.59.